The molecule has 1 amide bonds. The lowest BCUT2D eigenvalue weighted by molar-refractivity contribution is -0.274. The van der Waals surface area contributed by atoms with Crippen LogP contribution in [0.1, 0.15) is 36.0 Å². The average Bonchev–Trinajstić information content (AvgIpc) is 3.52. The molecule has 1 saturated heterocycles. The molecular formula is C19H26F3N3O4S. The number of nitrogens with one attached hydrogen (secondary N) is 2. The molecule has 0 spiro atoms. The minimum Gasteiger partial charge on any atom is -0.406 e. The Hall–Kier alpha value is -1.85. The summed E-state index contributed by atoms with van der Waals surface area (Å²) in [5.74, 6) is -0.405. The van der Waals surface area contributed by atoms with Crippen molar-refractivity contribution in [1.82, 2.24) is 14.9 Å². The highest BCUT2D eigenvalue weighted by Crippen LogP contribution is 2.27. The molecule has 1 aliphatic carbocycles. The van der Waals surface area contributed by atoms with Gasteiger partial charge in [-0.15, -0.1) is 13.2 Å². The van der Waals surface area contributed by atoms with Gasteiger partial charge in [-0.05, 0) is 69.0 Å². The molecule has 0 radical (unpaired) electrons. The monoisotopic (exact) mass is 449 g/mol. The third-order valence-corrected chi connectivity index (χ3v) is 7.26. The van der Waals surface area contributed by atoms with Crippen molar-refractivity contribution in [1.29, 1.82) is 0 Å². The Morgan fingerprint density at radius 2 is 1.73 bits per heavy atom. The van der Waals surface area contributed by atoms with Crippen LogP contribution in [0.15, 0.2) is 24.3 Å². The first kappa shape index (κ1) is 22.8. The van der Waals surface area contributed by atoms with E-state index in [1.54, 1.807) is 0 Å². The number of rotatable bonds is 9. The number of halogens is 3. The van der Waals surface area contributed by atoms with E-state index in [-0.39, 0.29) is 22.5 Å². The first-order valence-electron chi connectivity index (χ1n) is 9.97. The molecule has 0 unspecified atom stereocenters. The molecule has 2 N–H and O–H groups in total. The topological polar surface area (TPSA) is 87.7 Å². The summed E-state index contributed by atoms with van der Waals surface area (Å²) in [4.78, 5) is 14.4. The molecular weight excluding hydrogens is 423 g/mol. The van der Waals surface area contributed by atoms with Crippen molar-refractivity contribution >= 4 is 15.9 Å². The fraction of sp³-hybridized carbons (Fsp3) is 0.632. The Balaban J connectivity index is 1.33. The maximum Gasteiger partial charge on any atom is 0.573 e. The highest BCUT2D eigenvalue weighted by Gasteiger charge is 2.35. The van der Waals surface area contributed by atoms with Gasteiger partial charge >= 0.3 is 6.36 Å². The Bertz CT molecular complexity index is 818. The van der Waals surface area contributed by atoms with E-state index in [1.165, 1.54) is 12.1 Å². The van der Waals surface area contributed by atoms with Crippen molar-refractivity contribution in [2.45, 2.75) is 37.3 Å². The van der Waals surface area contributed by atoms with Gasteiger partial charge < -0.3 is 15.0 Å². The van der Waals surface area contributed by atoms with E-state index in [1.807, 2.05) is 0 Å². The minimum atomic E-state index is -4.76. The second-order valence-electron chi connectivity index (χ2n) is 7.71. The number of amides is 1. The number of nitrogens with zero attached hydrogens (tertiary/aromatic N) is 1. The number of piperidine rings is 1. The molecule has 7 nitrogen and oxygen atoms in total. The summed E-state index contributed by atoms with van der Waals surface area (Å²) in [6.45, 7) is 3.22. The minimum absolute atomic E-state index is 0.208. The maximum atomic E-state index is 12.2. The zero-order valence-corrected chi connectivity index (χ0v) is 17.3. The number of hydrogen-bond donors (Lipinski definition) is 2. The van der Waals surface area contributed by atoms with Crippen LogP contribution in [0.3, 0.4) is 0 Å². The van der Waals surface area contributed by atoms with Crippen LogP contribution < -0.4 is 14.8 Å². The molecule has 11 heteroatoms. The van der Waals surface area contributed by atoms with Gasteiger partial charge in [-0.1, -0.05) is 0 Å². The van der Waals surface area contributed by atoms with E-state index in [4.69, 9.17) is 0 Å². The van der Waals surface area contributed by atoms with Crippen molar-refractivity contribution in [2.24, 2.45) is 5.92 Å². The summed E-state index contributed by atoms with van der Waals surface area (Å²) in [5, 5.41) is 2.61. The van der Waals surface area contributed by atoms with Crippen LogP contribution in [0.2, 0.25) is 0 Å². The quantitative estimate of drug-likeness (QED) is 0.603. The maximum absolute atomic E-state index is 12.2. The Labute approximate surface area is 174 Å². The SMILES string of the molecule is O=C(NCC1CCN(CCNS(=O)(=O)C2CC2)CC1)c1ccc(OC(F)(F)F)cc1. The van der Waals surface area contributed by atoms with Crippen molar-refractivity contribution in [3.8, 4) is 5.75 Å². The van der Waals surface area contributed by atoms with Crippen LogP contribution in [0, 0.1) is 5.92 Å². The van der Waals surface area contributed by atoms with Crippen molar-refractivity contribution < 1.29 is 31.1 Å². The van der Waals surface area contributed by atoms with Gasteiger partial charge in [0.05, 0.1) is 5.25 Å². The molecule has 1 saturated carbocycles. The molecule has 0 atom stereocenters. The Morgan fingerprint density at radius 3 is 2.30 bits per heavy atom. The highest BCUT2D eigenvalue weighted by atomic mass is 32.2. The van der Waals surface area contributed by atoms with E-state index in [0.717, 1.165) is 50.9 Å². The fourth-order valence-electron chi connectivity index (χ4n) is 3.40. The second-order valence-corrected chi connectivity index (χ2v) is 9.75. The summed E-state index contributed by atoms with van der Waals surface area (Å²) in [7, 11) is -3.14. The lowest BCUT2D eigenvalue weighted by Crippen LogP contribution is -2.42. The van der Waals surface area contributed by atoms with Crippen LogP contribution in [-0.2, 0) is 10.0 Å². The zero-order chi connectivity index (χ0) is 21.8. The molecule has 30 heavy (non-hydrogen) atoms. The number of sulfonamides is 1. The van der Waals surface area contributed by atoms with Gasteiger partial charge in [-0.2, -0.15) is 0 Å². The summed E-state index contributed by atoms with van der Waals surface area (Å²) >= 11 is 0. The highest BCUT2D eigenvalue weighted by molar-refractivity contribution is 7.90. The van der Waals surface area contributed by atoms with Crippen molar-refractivity contribution in [3.63, 3.8) is 0 Å². The smallest absolute Gasteiger partial charge is 0.406 e. The number of carbonyl (C=O) groups excluding carboxylic acids is 1. The molecule has 2 fully saturated rings. The lowest BCUT2D eigenvalue weighted by Gasteiger charge is -2.32. The molecule has 2 aliphatic rings. The summed E-state index contributed by atoms with van der Waals surface area (Å²) < 4.78 is 66.6. The largest absolute Gasteiger partial charge is 0.573 e. The van der Waals surface area contributed by atoms with Crippen LogP contribution in [0.25, 0.3) is 0 Å². The molecule has 1 heterocycles. The Kier molecular flexibility index (Phi) is 7.25. The normalized spacial score (nSPS) is 18.9. The van der Waals surface area contributed by atoms with Crippen LogP contribution in [0.4, 0.5) is 13.2 Å². The number of ether oxygens (including phenoxy) is 1. The number of alkyl halides is 3. The van der Waals surface area contributed by atoms with Crippen LogP contribution in [0.5, 0.6) is 5.75 Å². The third kappa shape index (κ3) is 7.13. The number of hydrogen-bond acceptors (Lipinski definition) is 5. The zero-order valence-electron chi connectivity index (χ0n) is 16.5. The van der Waals surface area contributed by atoms with Gasteiger partial charge in [0.1, 0.15) is 5.75 Å². The summed E-state index contributed by atoms with van der Waals surface area (Å²) in [5.41, 5.74) is 0.268. The van der Waals surface area contributed by atoms with Gasteiger partial charge in [-0.3, -0.25) is 4.79 Å². The predicted octanol–water partition coefficient (Wildman–Crippen LogP) is 2.11. The van der Waals surface area contributed by atoms with Gasteiger partial charge in [0, 0.05) is 25.2 Å². The van der Waals surface area contributed by atoms with E-state index < -0.39 is 16.4 Å². The third-order valence-electron chi connectivity index (χ3n) is 5.30. The van der Waals surface area contributed by atoms with Crippen LogP contribution in [-0.4, -0.2) is 63.6 Å². The number of benzene rings is 1. The van der Waals surface area contributed by atoms with E-state index in [2.05, 4.69) is 19.7 Å². The van der Waals surface area contributed by atoms with Crippen molar-refractivity contribution in [2.75, 3.05) is 32.7 Å². The second kappa shape index (κ2) is 9.52. The molecule has 1 aromatic rings. The van der Waals surface area contributed by atoms with E-state index >= 15 is 0 Å². The fourth-order valence-corrected chi connectivity index (χ4v) is 4.77. The van der Waals surface area contributed by atoms with Gasteiger partial charge in [0.15, 0.2) is 0 Å². The molecule has 0 bridgehead atoms. The van der Waals surface area contributed by atoms with Gasteiger partial charge in [-0.25, -0.2) is 13.1 Å². The van der Waals surface area contributed by atoms with Gasteiger partial charge in [0.2, 0.25) is 10.0 Å². The summed E-state index contributed by atoms with van der Waals surface area (Å²) in [6, 6.07) is 4.81. The standard InChI is InChI=1S/C19H26F3N3O4S/c20-19(21,22)29-16-3-1-15(2-4-16)18(26)23-13-14-7-10-25(11-8-14)12-9-24-30(27,28)17-5-6-17/h1-4,14,17,24H,5-13H2,(H,23,26). The van der Waals surface area contributed by atoms with Crippen LogP contribution >= 0.6 is 0 Å². The first-order chi connectivity index (χ1) is 14.1. The lowest BCUT2D eigenvalue weighted by atomic mass is 9.96. The molecule has 3 rings (SSSR count). The molecule has 1 aromatic carbocycles. The number of carbonyl (C=O) groups is 1. The van der Waals surface area contributed by atoms with E-state index in [0.29, 0.717) is 25.6 Å². The molecule has 168 valence electrons. The summed E-state index contributed by atoms with van der Waals surface area (Å²) in [6.07, 6.45) is -1.50. The van der Waals surface area contributed by atoms with Crippen molar-refractivity contribution in [3.05, 3.63) is 29.8 Å². The number of likely N-dealkylation sites (tertiary alicyclic amines) is 1. The Morgan fingerprint density at radius 1 is 1.10 bits per heavy atom. The van der Waals surface area contributed by atoms with E-state index in [9.17, 15) is 26.4 Å². The average molecular weight is 449 g/mol. The first-order valence-corrected chi connectivity index (χ1v) is 11.5. The van der Waals surface area contributed by atoms with Gasteiger partial charge in [0.25, 0.3) is 5.91 Å². The molecule has 0 aromatic heterocycles. The predicted molar refractivity (Wildman–Crippen MR) is 105 cm³/mol. The molecule has 1 aliphatic heterocycles.